The fourth-order valence-corrected chi connectivity index (χ4v) is 1.89. The minimum Gasteiger partial charge on any atom is -0.489 e. The molecule has 0 radical (unpaired) electrons. The van der Waals surface area contributed by atoms with Crippen LogP contribution in [0.5, 0.6) is 5.75 Å². The van der Waals surface area contributed by atoms with E-state index in [9.17, 15) is 0 Å². The van der Waals surface area contributed by atoms with Crippen molar-refractivity contribution in [3.8, 4) is 5.75 Å². The Kier molecular flexibility index (Phi) is 4.78. The van der Waals surface area contributed by atoms with E-state index in [0.29, 0.717) is 19.0 Å². The number of aromatic nitrogens is 1. The molecule has 1 aliphatic heterocycles. The highest BCUT2D eigenvalue weighted by Gasteiger charge is 2.13. The van der Waals surface area contributed by atoms with Gasteiger partial charge in [0.25, 0.3) is 0 Å². The highest BCUT2D eigenvalue weighted by molar-refractivity contribution is 5.37. The van der Waals surface area contributed by atoms with Crippen LogP contribution in [0.3, 0.4) is 0 Å². The number of aryl methyl sites for hydroxylation is 1. The van der Waals surface area contributed by atoms with Crippen LogP contribution < -0.4 is 10.5 Å². The molecule has 0 aliphatic carbocycles. The van der Waals surface area contributed by atoms with E-state index in [1.807, 2.05) is 13.0 Å². The van der Waals surface area contributed by atoms with Gasteiger partial charge in [-0.3, -0.25) is 0 Å². The Hall–Kier alpha value is -1.33. The standard InChI is InChI=1S/C13H20N2O3/c1-10-11(5-6-12(14)15-10)16-8-9-18-13-4-2-3-7-17-13/h5-6,13H,2-4,7-9H2,1H3,(H2,14,15). The van der Waals surface area contributed by atoms with Crippen molar-refractivity contribution in [2.75, 3.05) is 25.6 Å². The largest absolute Gasteiger partial charge is 0.489 e. The van der Waals surface area contributed by atoms with Crippen molar-refractivity contribution >= 4 is 5.82 Å². The molecular formula is C13H20N2O3. The lowest BCUT2D eigenvalue weighted by Gasteiger charge is -2.22. The molecule has 1 saturated heterocycles. The first-order valence-corrected chi connectivity index (χ1v) is 6.35. The van der Waals surface area contributed by atoms with Crippen molar-refractivity contribution in [3.05, 3.63) is 17.8 Å². The van der Waals surface area contributed by atoms with Gasteiger partial charge in [0, 0.05) is 6.61 Å². The average molecular weight is 252 g/mol. The Morgan fingerprint density at radius 1 is 1.39 bits per heavy atom. The molecule has 0 aromatic carbocycles. The summed E-state index contributed by atoms with van der Waals surface area (Å²) in [5.74, 6) is 1.25. The van der Waals surface area contributed by atoms with Crippen LogP contribution in [-0.4, -0.2) is 31.1 Å². The molecule has 2 heterocycles. The molecule has 1 atom stereocenters. The van der Waals surface area contributed by atoms with Crippen LogP contribution >= 0.6 is 0 Å². The number of nitrogens with two attached hydrogens (primary N) is 1. The van der Waals surface area contributed by atoms with E-state index in [2.05, 4.69) is 4.98 Å². The molecule has 0 bridgehead atoms. The summed E-state index contributed by atoms with van der Waals surface area (Å²) in [5.41, 5.74) is 6.37. The Balaban J connectivity index is 1.68. The lowest BCUT2D eigenvalue weighted by Crippen LogP contribution is -2.24. The first-order valence-electron chi connectivity index (χ1n) is 6.35. The maximum atomic E-state index is 5.58. The lowest BCUT2D eigenvalue weighted by molar-refractivity contribution is -0.165. The van der Waals surface area contributed by atoms with E-state index < -0.39 is 0 Å². The van der Waals surface area contributed by atoms with Gasteiger partial charge in [0.15, 0.2) is 6.29 Å². The summed E-state index contributed by atoms with van der Waals surface area (Å²) >= 11 is 0. The number of nitrogen functional groups attached to an aromatic ring is 1. The number of nitrogens with zero attached hydrogens (tertiary/aromatic N) is 1. The molecular weight excluding hydrogens is 232 g/mol. The first kappa shape index (κ1) is 13.1. The minimum atomic E-state index is -0.0620. The fraction of sp³-hybridized carbons (Fsp3) is 0.615. The topological polar surface area (TPSA) is 66.6 Å². The van der Waals surface area contributed by atoms with Crippen molar-refractivity contribution in [1.29, 1.82) is 0 Å². The van der Waals surface area contributed by atoms with Crippen molar-refractivity contribution in [3.63, 3.8) is 0 Å². The van der Waals surface area contributed by atoms with Gasteiger partial charge in [0.05, 0.1) is 12.3 Å². The van der Waals surface area contributed by atoms with Crippen molar-refractivity contribution < 1.29 is 14.2 Å². The second-order valence-electron chi connectivity index (χ2n) is 4.34. The van der Waals surface area contributed by atoms with Gasteiger partial charge in [-0.1, -0.05) is 0 Å². The molecule has 2 rings (SSSR count). The van der Waals surface area contributed by atoms with Gasteiger partial charge in [0.2, 0.25) is 0 Å². The Labute approximate surface area is 107 Å². The van der Waals surface area contributed by atoms with E-state index in [4.69, 9.17) is 19.9 Å². The number of pyridine rings is 1. The second kappa shape index (κ2) is 6.56. The van der Waals surface area contributed by atoms with Gasteiger partial charge in [-0.25, -0.2) is 4.98 Å². The van der Waals surface area contributed by atoms with Gasteiger partial charge >= 0.3 is 0 Å². The second-order valence-corrected chi connectivity index (χ2v) is 4.34. The van der Waals surface area contributed by atoms with Crippen LogP contribution in [-0.2, 0) is 9.47 Å². The molecule has 1 fully saturated rings. The highest BCUT2D eigenvalue weighted by atomic mass is 16.7. The smallest absolute Gasteiger partial charge is 0.157 e. The van der Waals surface area contributed by atoms with E-state index in [1.165, 1.54) is 6.42 Å². The van der Waals surface area contributed by atoms with Crippen LogP contribution in [0.4, 0.5) is 5.82 Å². The van der Waals surface area contributed by atoms with Crippen LogP contribution in [0.2, 0.25) is 0 Å². The zero-order valence-electron chi connectivity index (χ0n) is 10.7. The summed E-state index contributed by atoms with van der Waals surface area (Å²) in [7, 11) is 0. The molecule has 1 aromatic rings. The van der Waals surface area contributed by atoms with Gasteiger partial charge in [-0.15, -0.1) is 0 Å². The predicted octanol–water partition coefficient (Wildman–Crippen LogP) is 1.89. The summed E-state index contributed by atoms with van der Waals surface area (Å²) in [6.07, 6.45) is 3.22. The monoisotopic (exact) mass is 252 g/mol. The van der Waals surface area contributed by atoms with Gasteiger partial charge in [0.1, 0.15) is 18.2 Å². The number of ether oxygens (including phenoxy) is 3. The molecule has 2 N–H and O–H groups in total. The van der Waals surface area contributed by atoms with E-state index in [0.717, 1.165) is 30.9 Å². The molecule has 100 valence electrons. The maximum absolute atomic E-state index is 5.58. The maximum Gasteiger partial charge on any atom is 0.157 e. The number of hydrogen-bond acceptors (Lipinski definition) is 5. The molecule has 1 aliphatic rings. The molecule has 0 saturated carbocycles. The van der Waals surface area contributed by atoms with Crippen molar-refractivity contribution in [1.82, 2.24) is 4.98 Å². The predicted molar refractivity (Wildman–Crippen MR) is 68.4 cm³/mol. The van der Waals surface area contributed by atoms with Gasteiger partial charge in [-0.2, -0.15) is 0 Å². The summed E-state index contributed by atoms with van der Waals surface area (Å²) in [6, 6.07) is 3.56. The fourth-order valence-electron chi connectivity index (χ4n) is 1.89. The minimum absolute atomic E-state index is 0.0620. The summed E-state index contributed by atoms with van der Waals surface area (Å²) in [6.45, 7) is 3.68. The summed E-state index contributed by atoms with van der Waals surface area (Å²) in [4.78, 5) is 4.13. The third kappa shape index (κ3) is 3.85. The zero-order chi connectivity index (χ0) is 12.8. The average Bonchev–Trinajstić information content (AvgIpc) is 2.38. The van der Waals surface area contributed by atoms with E-state index in [-0.39, 0.29) is 6.29 Å². The molecule has 0 amide bonds. The van der Waals surface area contributed by atoms with Crippen LogP contribution in [0, 0.1) is 6.92 Å². The number of hydrogen-bond donors (Lipinski definition) is 1. The zero-order valence-corrected chi connectivity index (χ0v) is 10.7. The van der Waals surface area contributed by atoms with Crippen LogP contribution in [0.1, 0.15) is 25.0 Å². The Morgan fingerprint density at radius 2 is 2.28 bits per heavy atom. The van der Waals surface area contributed by atoms with E-state index in [1.54, 1.807) is 6.07 Å². The van der Waals surface area contributed by atoms with Gasteiger partial charge in [-0.05, 0) is 38.3 Å². The molecule has 18 heavy (non-hydrogen) atoms. The Morgan fingerprint density at radius 3 is 3.00 bits per heavy atom. The molecule has 5 nitrogen and oxygen atoms in total. The van der Waals surface area contributed by atoms with Crippen LogP contribution in [0.15, 0.2) is 12.1 Å². The Bertz CT molecular complexity index is 378. The van der Waals surface area contributed by atoms with Crippen LogP contribution in [0.25, 0.3) is 0 Å². The van der Waals surface area contributed by atoms with Crippen molar-refractivity contribution in [2.45, 2.75) is 32.5 Å². The third-order valence-corrected chi connectivity index (χ3v) is 2.84. The SMILES string of the molecule is Cc1nc(N)ccc1OCCOC1CCCCO1. The molecule has 1 unspecified atom stereocenters. The van der Waals surface area contributed by atoms with Crippen molar-refractivity contribution in [2.24, 2.45) is 0 Å². The first-order chi connectivity index (χ1) is 8.75. The lowest BCUT2D eigenvalue weighted by atomic mass is 10.2. The van der Waals surface area contributed by atoms with Gasteiger partial charge < -0.3 is 19.9 Å². The van der Waals surface area contributed by atoms with E-state index >= 15 is 0 Å². The molecule has 0 spiro atoms. The molecule has 1 aromatic heterocycles. The number of rotatable bonds is 5. The number of anilines is 1. The summed E-state index contributed by atoms with van der Waals surface area (Å²) in [5, 5.41) is 0. The quantitative estimate of drug-likeness (QED) is 0.811. The molecule has 5 heteroatoms. The highest BCUT2D eigenvalue weighted by Crippen LogP contribution is 2.17. The summed E-state index contributed by atoms with van der Waals surface area (Å²) < 4.78 is 16.6. The normalized spacial score (nSPS) is 19.7. The third-order valence-electron chi connectivity index (χ3n) is 2.84.